The van der Waals surface area contributed by atoms with Gasteiger partial charge in [-0.1, -0.05) is 37.3 Å². The highest BCUT2D eigenvalue weighted by molar-refractivity contribution is 5.92. The fourth-order valence-corrected chi connectivity index (χ4v) is 2.34. The van der Waals surface area contributed by atoms with Crippen LogP contribution in [-0.2, 0) is 17.6 Å². The normalized spacial score (nSPS) is 11.9. The molecule has 1 heterocycles. The number of carboxylic acid groups (broad SMARTS) is 1. The van der Waals surface area contributed by atoms with Crippen molar-refractivity contribution < 1.29 is 14.7 Å². The largest absolute Gasteiger partial charge is 0.481 e. The van der Waals surface area contributed by atoms with E-state index >= 15 is 0 Å². The quantitative estimate of drug-likeness (QED) is 0.696. The van der Waals surface area contributed by atoms with E-state index in [-0.39, 0.29) is 18.4 Å². The molecule has 0 aliphatic rings. The van der Waals surface area contributed by atoms with Gasteiger partial charge in [0.2, 0.25) is 0 Å². The predicted octanol–water partition coefficient (Wildman–Crippen LogP) is 2.18. The van der Waals surface area contributed by atoms with E-state index in [2.05, 4.69) is 15.5 Å². The van der Waals surface area contributed by atoms with Gasteiger partial charge in [-0.3, -0.25) is 14.7 Å². The first-order valence-electron chi connectivity index (χ1n) is 7.69. The minimum atomic E-state index is -0.870. The third-order valence-corrected chi connectivity index (χ3v) is 3.61. The molecule has 1 amide bonds. The number of carboxylic acids is 1. The van der Waals surface area contributed by atoms with Crippen LogP contribution in [0.3, 0.4) is 0 Å². The molecule has 0 spiro atoms. The van der Waals surface area contributed by atoms with Crippen molar-refractivity contribution in [2.45, 2.75) is 38.6 Å². The molecule has 0 radical (unpaired) electrons. The maximum absolute atomic E-state index is 12.3. The molecule has 6 heteroatoms. The first-order chi connectivity index (χ1) is 11.1. The molecular formula is C17H21N3O3. The summed E-state index contributed by atoms with van der Waals surface area (Å²) in [5.41, 5.74) is 2.27. The topological polar surface area (TPSA) is 95.1 Å². The number of hydrogen-bond acceptors (Lipinski definition) is 3. The van der Waals surface area contributed by atoms with E-state index < -0.39 is 5.97 Å². The Hall–Kier alpha value is -2.63. The van der Waals surface area contributed by atoms with Gasteiger partial charge in [0.1, 0.15) is 5.69 Å². The summed E-state index contributed by atoms with van der Waals surface area (Å²) in [5.74, 6) is -1.15. The van der Waals surface area contributed by atoms with Gasteiger partial charge in [0.05, 0.1) is 0 Å². The number of benzene rings is 1. The van der Waals surface area contributed by atoms with Gasteiger partial charge >= 0.3 is 5.97 Å². The van der Waals surface area contributed by atoms with Gasteiger partial charge in [0, 0.05) is 18.2 Å². The lowest BCUT2D eigenvalue weighted by Crippen LogP contribution is -2.37. The van der Waals surface area contributed by atoms with Crippen LogP contribution in [0.2, 0.25) is 0 Å². The molecule has 0 aliphatic heterocycles. The zero-order valence-corrected chi connectivity index (χ0v) is 13.1. The van der Waals surface area contributed by atoms with E-state index in [1.807, 2.05) is 37.3 Å². The lowest BCUT2D eigenvalue weighted by molar-refractivity contribution is -0.137. The van der Waals surface area contributed by atoms with E-state index in [4.69, 9.17) is 5.11 Å². The van der Waals surface area contributed by atoms with Crippen molar-refractivity contribution in [2.75, 3.05) is 0 Å². The molecule has 1 unspecified atom stereocenters. The summed E-state index contributed by atoms with van der Waals surface area (Å²) in [5, 5.41) is 18.6. The lowest BCUT2D eigenvalue weighted by Gasteiger charge is -2.17. The van der Waals surface area contributed by atoms with Crippen molar-refractivity contribution in [3.05, 3.63) is 53.3 Å². The predicted molar refractivity (Wildman–Crippen MR) is 86.2 cm³/mol. The molecule has 122 valence electrons. The SMILES string of the molecule is CCc1cc(C(=O)NC(CCC(=O)O)Cc2ccccc2)n[nH]1. The number of hydrogen-bond donors (Lipinski definition) is 3. The number of rotatable bonds is 8. The van der Waals surface area contributed by atoms with Crippen LogP contribution in [0, 0.1) is 0 Å². The molecule has 3 N–H and O–H groups in total. The summed E-state index contributed by atoms with van der Waals surface area (Å²) < 4.78 is 0. The van der Waals surface area contributed by atoms with E-state index in [1.54, 1.807) is 6.07 Å². The van der Waals surface area contributed by atoms with Crippen molar-refractivity contribution in [1.29, 1.82) is 0 Å². The number of H-pyrrole nitrogens is 1. The summed E-state index contributed by atoms with van der Waals surface area (Å²) in [4.78, 5) is 23.1. The second-order valence-electron chi connectivity index (χ2n) is 5.42. The Morgan fingerprint density at radius 3 is 2.65 bits per heavy atom. The number of nitrogens with zero attached hydrogens (tertiary/aromatic N) is 1. The summed E-state index contributed by atoms with van der Waals surface area (Å²) in [7, 11) is 0. The third-order valence-electron chi connectivity index (χ3n) is 3.61. The monoisotopic (exact) mass is 315 g/mol. The van der Waals surface area contributed by atoms with Crippen LogP contribution in [0.15, 0.2) is 36.4 Å². The van der Waals surface area contributed by atoms with Crippen LogP contribution in [0.25, 0.3) is 0 Å². The van der Waals surface area contributed by atoms with Crippen molar-refractivity contribution in [3.8, 4) is 0 Å². The van der Waals surface area contributed by atoms with Crippen LogP contribution in [0.1, 0.15) is 41.5 Å². The van der Waals surface area contributed by atoms with Crippen molar-refractivity contribution in [2.24, 2.45) is 0 Å². The molecule has 1 aromatic heterocycles. The van der Waals surface area contributed by atoms with Gasteiger partial charge in [-0.2, -0.15) is 5.10 Å². The van der Waals surface area contributed by atoms with Crippen molar-refractivity contribution in [1.82, 2.24) is 15.5 Å². The van der Waals surface area contributed by atoms with Crippen LogP contribution < -0.4 is 5.32 Å². The van der Waals surface area contributed by atoms with Gasteiger partial charge in [-0.15, -0.1) is 0 Å². The van der Waals surface area contributed by atoms with Crippen molar-refractivity contribution in [3.63, 3.8) is 0 Å². The summed E-state index contributed by atoms with van der Waals surface area (Å²) in [6, 6.07) is 11.2. The first-order valence-corrected chi connectivity index (χ1v) is 7.69. The Morgan fingerprint density at radius 2 is 2.04 bits per heavy atom. The molecule has 1 aromatic carbocycles. The lowest BCUT2D eigenvalue weighted by atomic mass is 10.0. The van der Waals surface area contributed by atoms with Crippen LogP contribution >= 0.6 is 0 Å². The van der Waals surface area contributed by atoms with E-state index in [1.165, 1.54) is 0 Å². The van der Waals surface area contributed by atoms with Gasteiger partial charge < -0.3 is 10.4 Å². The Bertz CT molecular complexity index is 652. The van der Waals surface area contributed by atoms with Gasteiger partial charge in [-0.25, -0.2) is 0 Å². The van der Waals surface area contributed by atoms with Gasteiger partial charge in [0.15, 0.2) is 0 Å². The fraction of sp³-hybridized carbons (Fsp3) is 0.353. The van der Waals surface area contributed by atoms with Gasteiger partial charge in [0.25, 0.3) is 5.91 Å². The van der Waals surface area contributed by atoms with Crippen molar-refractivity contribution >= 4 is 11.9 Å². The number of aromatic amines is 1. The highest BCUT2D eigenvalue weighted by atomic mass is 16.4. The zero-order valence-electron chi connectivity index (χ0n) is 13.1. The third kappa shape index (κ3) is 5.25. The molecule has 0 saturated carbocycles. The second kappa shape index (κ2) is 8.12. The summed E-state index contributed by atoms with van der Waals surface area (Å²) in [6.07, 6.45) is 1.75. The average Bonchev–Trinajstić information content (AvgIpc) is 3.02. The standard InChI is InChI=1S/C17H21N3O3/c1-2-13-11-15(20-19-13)17(23)18-14(8-9-16(21)22)10-12-6-4-3-5-7-12/h3-7,11,14H,2,8-10H2,1H3,(H,18,23)(H,19,20)(H,21,22). The molecular weight excluding hydrogens is 294 g/mol. The maximum Gasteiger partial charge on any atom is 0.303 e. The Labute approximate surface area is 134 Å². The highest BCUT2D eigenvalue weighted by Gasteiger charge is 2.17. The first kappa shape index (κ1) is 16.7. The molecule has 2 rings (SSSR count). The van der Waals surface area contributed by atoms with E-state index in [0.29, 0.717) is 18.5 Å². The molecule has 23 heavy (non-hydrogen) atoms. The number of aromatic nitrogens is 2. The van der Waals surface area contributed by atoms with E-state index in [9.17, 15) is 9.59 Å². The van der Waals surface area contributed by atoms with Gasteiger partial charge in [-0.05, 0) is 30.9 Å². The Kier molecular flexibility index (Phi) is 5.91. The Balaban J connectivity index is 2.03. The number of aliphatic carboxylic acids is 1. The Morgan fingerprint density at radius 1 is 1.30 bits per heavy atom. The molecule has 2 aromatic rings. The highest BCUT2D eigenvalue weighted by Crippen LogP contribution is 2.09. The van der Waals surface area contributed by atoms with Crippen LogP contribution in [-0.4, -0.2) is 33.2 Å². The smallest absolute Gasteiger partial charge is 0.303 e. The molecule has 0 fully saturated rings. The summed E-state index contributed by atoms with van der Waals surface area (Å²) in [6.45, 7) is 1.97. The number of aryl methyl sites for hydroxylation is 1. The fourth-order valence-electron chi connectivity index (χ4n) is 2.34. The van der Waals surface area contributed by atoms with Crippen LogP contribution in [0.5, 0.6) is 0 Å². The maximum atomic E-state index is 12.3. The number of nitrogens with one attached hydrogen (secondary N) is 2. The zero-order chi connectivity index (χ0) is 16.7. The second-order valence-corrected chi connectivity index (χ2v) is 5.42. The number of amides is 1. The average molecular weight is 315 g/mol. The number of carbonyl (C=O) groups is 2. The summed E-state index contributed by atoms with van der Waals surface area (Å²) >= 11 is 0. The number of carbonyl (C=O) groups excluding carboxylic acids is 1. The molecule has 6 nitrogen and oxygen atoms in total. The van der Waals surface area contributed by atoms with Crippen LogP contribution in [0.4, 0.5) is 0 Å². The molecule has 1 atom stereocenters. The molecule has 0 aliphatic carbocycles. The minimum Gasteiger partial charge on any atom is -0.481 e. The molecule has 0 bridgehead atoms. The van der Waals surface area contributed by atoms with E-state index in [0.717, 1.165) is 17.7 Å². The minimum absolute atomic E-state index is 0.0125. The molecule has 0 saturated heterocycles.